The van der Waals surface area contributed by atoms with E-state index in [-0.39, 0.29) is 5.41 Å². The van der Waals surface area contributed by atoms with Gasteiger partial charge in [-0.25, -0.2) is 0 Å². The first kappa shape index (κ1) is 36.6. The number of hydrogen-bond acceptors (Lipinski definition) is 1. The molecular weight excluding hydrogens is 723 g/mol. The molecule has 0 heterocycles. The van der Waals surface area contributed by atoms with Crippen molar-refractivity contribution < 1.29 is 0 Å². The minimum atomic E-state index is -0.0379. The normalized spacial score (nSPS) is 16.6. The lowest BCUT2D eigenvalue weighted by atomic mass is 9.70. The van der Waals surface area contributed by atoms with Crippen LogP contribution in [0.1, 0.15) is 80.5 Å². The van der Waals surface area contributed by atoms with E-state index >= 15 is 0 Å². The van der Waals surface area contributed by atoms with Crippen LogP contribution >= 0.6 is 0 Å². The summed E-state index contributed by atoms with van der Waals surface area (Å²) in [6.45, 7) is 4.73. The SMILES string of the molecule is CC1(C)c2ccccc2-c2c(-c3ccc(N(c4ccc(-c5ccc6ccccc6c5)cc4)c4ccccc4-c4cccc5c4C(C4CCCCC4)CC=C5)cc3)cccc21. The molecule has 3 aliphatic carbocycles. The summed E-state index contributed by atoms with van der Waals surface area (Å²) in [4.78, 5) is 2.49. The topological polar surface area (TPSA) is 3.24 Å². The Morgan fingerprint density at radius 2 is 1.10 bits per heavy atom. The fraction of sp³-hybridized carbons (Fsp3) is 0.186. The molecule has 1 unspecified atom stereocenters. The van der Waals surface area contributed by atoms with Crippen molar-refractivity contribution in [3.8, 4) is 44.5 Å². The smallest absolute Gasteiger partial charge is 0.0540 e. The number of fused-ring (bicyclic) bond motifs is 5. The zero-order chi connectivity index (χ0) is 40.2. The summed E-state index contributed by atoms with van der Waals surface area (Å²) in [5.41, 5.74) is 19.5. The Kier molecular flexibility index (Phi) is 9.15. The highest BCUT2D eigenvalue weighted by Crippen LogP contribution is 2.53. The molecule has 1 fully saturated rings. The van der Waals surface area contributed by atoms with Crippen LogP contribution in [0.25, 0.3) is 61.4 Å². The van der Waals surface area contributed by atoms with E-state index < -0.39 is 0 Å². The molecule has 1 nitrogen and oxygen atoms in total. The number of benzene rings is 8. The molecule has 11 rings (SSSR count). The molecule has 60 heavy (non-hydrogen) atoms. The summed E-state index contributed by atoms with van der Waals surface area (Å²) in [6, 6.07) is 66.0. The predicted molar refractivity (Wildman–Crippen MR) is 255 cm³/mol. The van der Waals surface area contributed by atoms with Gasteiger partial charge >= 0.3 is 0 Å². The molecule has 0 amide bonds. The average Bonchev–Trinajstić information content (AvgIpc) is 3.55. The Bertz CT molecular complexity index is 2900. The quantitative estimate of drug-likeness (QED) is 0.156. The van der Waals surface area contributed by atoms with Gasteiger partial charge in [0.15, 0.2) is 0 Å². The zero-order valence-electron chi connectivity index (χ0n) is 34.7. The highest BCUT2D eigenvalue weighted by molar-refractivity contribution is 5.95. The fourth-order valence-corrected chi connectivity index (χ4v) is 11.1. The third-order valence-corrected chi connectivity index (χ3v) is 14.1. The molecule has 8 aromatic rings. The lowest BCUT2D eigenvalue weighted by Gasteiger charge is -2.35. The molecule has 0 aromatic heterocycles. The van der Waals surface area contributed by atoms with E-state index in [0.29, 0.717) is 5.92 Å². The summed E-state index contributed by atoms with van der Waals surface area (Å²) >= 11 is 0. The van der Waals surface area contributed by atoms with Crippen LogP contribution in [0.15, 0.2) is 182 Å². The van der Waals surface area contributed by atoms with Crippen molar-refractivity contribution in [3.05, 3.63) is 204 Å². The van der Waals surface area contributed by atoms with E-state index in [1.807, 2.05) is 0 Å². The minimum absolute atomic E-state index is 0.0379. The number of hydrogen-bond donors (Lipinski definition) is 0. The average molecular weight is 774 g/mol. The van der Waals surface area contributed by atoms with Gasteiger partial charge in [-0.2, -0.15) is 0 Å². The standard InChI is InChI=1S/C59H51N/c1-59(2)54-26-10-8-22-53(54)58-50(24-14-27-55(58)59)43-33-37-48(38-34-43)60(47-35-31-41(32-36-47)46-30-29-40-15-6-7-18-45(40)39-46)56-28-11-9-21-51(56)52-25-13-20-44-19-12-23-49(57(44)52)42-16-4-3-5-17-42/h6-15,18-22,24-39,42,49H,3-5,16-17,23H2,1-2H3. The molecule has 0 aliphatic heterocycles. The first-order valence-corrected chi connectivity index (χ1v) is 22.1. The van der Waals surface area contributed by atoms with Gasteiger partial charge in [0, 0.05) is 22.4 Å². The number of nitrogens with zero attached hydrogens (tertiary/aromatic N) is 1. The van der Waals surface area contributed by atoms with Crippen molar-refractivity contribution in [2.45, 2.75) is 63.7 Å². The van der Waals surface area contributed by atoms with Crippen molar-refractivity contribution in [3.63, 3.8) is 0 Å². The molecule has 0 bridgehead atoms. The maximum Gasteiger partial charge on any atom is 0.0540 e. The second kappa shape index (κ2) is 15.0. The predicted octanol–water partition coefficient (Wildman–Crippen LogP) is 16.7. The fourth-order valence-electron chi connectivity index (χ4n) is 11.1. The van der Waals surface area contributed by atoms with Crippen LogP contribution in [-0.4, -0.2) is 0 Å². The van der Waals surface area contributed by atoms with Gasteiger partial charge in [0.1, 0.15) is 0 Å². The van der Waals surface area contributed by atoms with E-state index in [2.05, 4.69) is 207 Å². The van der Waals surface area contributed by atoms with Crippen LogP contribution in [0.5, 0.6) is 0 Å². The molecule has 1 atom stereocenters. The second-order valence-electron chi connectivity index (χ2n) is 17.9. The molecule has 292 valence electrons. The molecule has 1 saturated carbocycles. The van der Waals surface area contributed by atoms with E-state index in [1.54, 1.807) is 5.56 Å². The molecule has 0 N–H and O–H groups in total. The Labute approximate surface area is 355 Å². The molecule has 0 spiro atoms. The van der Waals surface area contributed by atoms with Crippen molar-refractivity contribution in [2.24, 2.45) is 5.92 Å². The van der Waals surface area contributed by atoms with Crippen molar-refractivity contribution in [1.82, 2.24) is 0 Å². The maximum atomic E-state index is 2.49. The molecular formula is C59H51N. The minimum Gasteiger partial charge on any atom is -0.310 e. The third kappa shape index (κ3) is 6.22. The highest BCUT2D eigenvalue weighted by atomic mass is 15.1. The van der Waals surface area contributed by atoms with Gasteiger partial charge in [-0.1, -0.05) is 185 Å². The largest absolute Gasteiger partial charge is 0.310 e. The number of anilines is 3. The Morgan fingerprint density at radius 3 is 1.90 bits per heavy atom. The van der Waals surface area contributed by atoms with Gasteiger partial charge in [0.2, 0.25) is 0 Å². The summed E-state index contributed by atoms with van der Waals surface area (Å²) in [5.74, 6) is 1.28. The van der Waals surface area contributed by atoms with Gasteiger partial charge in [-0.3, -0.25) is 0 Å². The molecule has 3 aliphatic rings. The van der Waals surface area contributed by atoms with Crippen LogP contribution in [-0.2, 0) is 5.41 Å². The molecule has 0 radical (unpaired) electrons. The van der Waals surface area contributed by atoms with E-state index in [9.17, 15) is 0 Å². The van der Waals surface area contributed by atoms with E-state index in [1.165, 1.54) is 110 Å². The first-order valence-electron chi connectivity index (χ1n) is 22.1. The lowest BCUT2D eigenvalue weighted by molar-refractivity contribution is 0.304. The zero-order valence-corrected chi connectivity index (χ0v) is 34.7. The van der Waals surface area contributed by atoms with Gasteiger partial charge < -0.3 is 4.90 Å². The highest BCUT2D eigenvalue weighted by Gasteiger charge is 2.36. The summed E-state index contributed by atoms with van der Waals surface area (Å²) in [7, 11) is 0. The van der Waals surface area contributed by atoms with Crippen molar-refractivity contribution in [2.75, 3.05) is 4.90 Å². The monoisotopic (exact) mass is 773 g/mol. The number of rotatable bonds is 7. The summed E-state index contributed by atoms with van der Waals surface area (Å²) < 4.78 is 0. The van der Waals surface area contributed by atoms with Crippen LogP contribution in [0, 0.1) is 5.92 Å². The Balaban J connectivity index is 1.05. The van der Waals surface area contributed by atoms with Gasteiger partial charge in [0.25, 0.3) is 0 Å². The van der Waals surface area contributed by atoms with Gasteiger partial charge in [-0.15, -0.1) is 0 Å². The van der Waals surface area contributed by atoms with Crippen LogP contribution in [0.3, 0.4) is 0 Å². The molecule has 1 heteroatoms. The summed E-state index contributed by atoms with van der Waals surface area (Å²) in [6.07, 6.45) is 12.7. The first-order chi connectivity index (χ1) is 29.5. The molecule has 0 saturated heterocycles. The second-order valence-corrected chi connectivity index (χ2v) is 17.9. The number of allylic oxidation sites excluding steroid dienone is 1. The third-order valence-electron chi connectivity index (χ3n) is 14.1. The Hall–Kier alpha value is -6.44. The van der Waals surface area contributed by atoms with Gasteiger partial charge in [0.05, 0.1) is 5.69 Å². The van der Waals surface area contributed by atoms with Crippen LogP contribution < -0.4 is 4.90 Å². The van der Waals surface area contributed by atoms with Gasteiger partial charge in [-0.05, 0) is 139 Å². The molecule has 8 aromatic carbocycles. The van der Waals surface area contributed by atoms with E-state index in [4.69, 9.17) is 0 Å². The summed E-state index contributed by atoms with van der Waals surface area (Å²) in [5, 5.41) is 2.53. The lowest BCUT2D eigenvalue weighted by Crippen LogP contribution is -2.19. The van der Waals surface area contributed by atoms with Crippen molar-refractivity contribution in [1.29, 1.82) is 0 Å². The Morgan fingerprint density at radius 1 is 0.483 bits per heavy atom. The van der Waals surface area contributed by atoms with Crippen molar-refractivity contribution >= 4 is 33.9 Å². The number of para-hydroxylation sites is 1. The van der Waals surface area contributed by atoms with Crippen LogP contribution in [0.4, 0.5) is 17.1 Å². The van der Waals surface area contributed by atoms with E-state index in [0.717, 1.165) is 23.7 Å². The maximum absolute atomic E-state index is 2.49. The van der Waals surface area contributed by atoms with Crippen LogP contribution in [0.2, 0.25) is 0 Å².